The van der Waals surface area contributed by atoms with Gasteiger partial charge >= 0.3 is 0 Å². The molecule has 0 bridgehead atoms. The summed E-state index contributed by atoms with van der Waals surface area (Å²) >= 11 is 15.2. The normalized spacial score (nSPS) is 10.8. The van der Waals surface area contributed by atoms with E-state index in [0.717, 1.165) is 16.0 Å². The van der Waals surface area contributed by atoms with Crippen molar-refractivity contribution in [1.82, 2.24) is 19.7 Å². The second-order valence-corrected chi connectivity index (χ2v) is 10.5. The first-order chi connectivity index (χ1) is 17.9. The molecule has 4 aromatic rings. The number of aromatic nitrogens is 4. The van der Waals surface area contributed by atoms with Crippen molar-refractivity contribution in [3.63, 3.8) is 0 Å². The SMILES string of the molecule is C=CCn1c(SCC(=O)Nc2ncc(Cc3c(Cl)cccc3Cl)s2)nnc1-c1ccc(OC)c(OC)c1. The number of hydrogen-bond acceptors (Lipinski definition) is 8. The van der Waals surface area contributed by atoms with E-state index >= 15 is 0 Å². The van der Waals surface area contributed by atoms with Gasteiger partial charge in [0.05, 0.1) is 20.0 Å². The Bertz CT molecular complexity index is 1400. The lowest BCUT2D eigenvalue weighted by Gasteiger charge is -2.11. The van der Waals surface area contributed by atoms with E-state index in [9.17, 15) is 4.79 Å². The molecular weight excluding hydrogens is 553 g/mol. The summed E-state index contributed by atoms with van der Waals surface area (Å²) in [5, 5.41) is 13.8. The van der Waals surface area contributed by atoms with E-state index < -0.39 is 0 Å². The van der Waals surface area contributed by atoms with E-state index in [1.54, 1.807) is 44.7 Å². The number of carbonyl (C=O) groups excluding carboxylic acids is 1. The molecule has 0 aliphatic rings. The van der Waals surface area contributed by atoms with Crippen LogP contribution in [-0.4, -0.2) is 45.6 Å². The molecule has 192 valence electrons. The molecule has 0 saturated heterocycles. The highest BCUT2D eigenvalue weighted by atomic mass is 35.5. The maximum atomic E-state index is 12.6. The molecule has 0 aliphatic heterocycles. The molecule has 12 heteroatoms. The lowest BCUT2D eigenvalue weighted by atomic mass is 10.1. The molecule has 0 fully saturated rings. The van der Waals surface area contributed by atoms with Gasteiger partial charge in [-0.05, 0) is 35.9 Å². The van der Waals surface area contributed by atoms with Crippen LogP contribution in [0.5, 0.6) is 11.5 Å². The maximum Gasteiger partial charge on any atom is 0.236 e. The predicted molar refractivity (Wildman–Crippen MR) is 149 cm³/mol. The summed E-state index contributed by atoms with van der Waals surface area (Å²) < 4.78 is 12.6. The van der Waals surface area contributed by atoms with E-state index in [1.807, 2.05) is 22.8 Å². The Labute approximate surface area is 232 Å². The summed E-state index contributed by atoms with van der Waals surface area (Å²) in [5.41, 5.74) is 1.63. The van der Waals surface area contributed by atoms with Gasteiger partial charge in [0.15, 0.2) is 27.6 Å². The van der Waals surface area contributed by atoms with Gasteiger partial charge in [0, 0.05) is 39.6 Å². The lowest BCUT2D eigenvalue weighted by molar-refractivity contribution is -0.113. The largest absolute Gasteiger partial charge is 0.493 e. The molecule has 1 amide bonds. The van der Waals surface area contributed by atoms with Gasteiger partial charge in [-0.3, -0.25) is 9.36 Å². The molecule has 0 aliphatic carbocycles. The molecule has 37 heavy (non-hydrogen) atoms. The molecule has 0 saturated carbocycles. The van der Waals surface area contributed by atoms with Crippen LogP contribution < -0.4 is 14.8 Å². The van der Waals surface area contributed by atoms with Crippen molar-refractivity contribution in [2.75, 3.05) is 25.3 Å². The van der Waals surface area contributed by atoms with Crippen LogP contribution in [0.1, 0.15) is 10.4 Å². The number of allylic oxidation sites excluding steroid dienone is 1. The summed E-state index contributed by atoms with van der Waals surface area (Å²) in [6.45, 7) is 4.31. The van der Waals surface area contributed by atoms with Crippen LogP contribution in [-0.2, 0) is 17.8 Å². The Morgan fingerprint density at radius 1 is 1.16 bits per heavy atom. The quantitative estimate of drug-likeness (QED) is 0.167. The Morgan fingerprint density at radius 3 is 2.62 bits per heavy atom. The average molecular weight is 577 g/mol. The Hall–Kier alpha value is -3.05. The maximum absolute atomic E-state index is 12.6. The molecule has 0 unspecified atom stereocenters. The number of nitrogens with zero attached hydrogens (tertiary/aromatic N) is 4. The van der Waals surface area contributed by atoms with Crippen LogP contribution >= 0.6 is 46.3 Å². The van der Waals surface area contributed by atoms with Crippen molar-refractivity contribution in [2.45, 2.75) is 18.1 Å². The zero-order valence-electron chi connectivity index (χ0n) is 20.0. The van der Waals surface area contributed by atoms with Gasteiger partial charge < -0.3 is 14.8 Å². The minimum atomic E-state index is -0.206. The summed E-state index contributed by atoms with van der Waals surface area (Å²) in [4.78, 5) is 17.9. The van der Waals surface area contributed by atoms with Crippen molar-refractivity contribution in [3.05, 3.63) is 75.7 Å². The van der Waals surface area contributed by atoms with E-state index in [-0.39, 0.29) is 11.7 Å². The van der Waals surface area contributed by atoms with Crippen LogP contribution in [0, 0.1) is 0 Å². The first kappa shape index (κ1) is 27.0. The number of halogens is 2. The number of hydrogen-bond donors (Lipinski definition) is 1. The van der Waals surface area contributed by atoms with Gasteiger partial charge in [-0.25, -0.2) is 4.98 Å². The van der Waals surface area contributed by atoms with Crippen molar-refractivity contribution in [2.24, 2.45) is 0 Å². The van der Waals surface area contributed by atoms with Crippen LogP contribution in [0.25, 0.3) is 11.4 Å². The second kappa shape index (κ2) is 12.5. The van der Waals surface area contributed by atoms with E-state index in [4.69, 9.17) is 32.7 Å². The number of ether oxygens (including phenoxy) is 2. The van der Waals surface area contributed by atoms with Crippen molar-refractivity contribution in [1.29, 1.82) is 0 Å². The lowest BCUT2D eigenvalue weighted by Crippen LogP contribution is -2.14. The third-order valence-corrected chi connectivity index (χ3v) is 7.80. The second-order valence-electron chi connectivity index (χ2n) is 7.62. The van der Waals surface area contributed by atoms with Gasteiger partial charge in [0.25, 0.3) is 0 Å². The van der Waals surface area contributed by atoms with Gasteiger partial charge in [-0.15, -0.1) is 28.1 Å². The van der Waals surface area contributed by atoms with Crippen LogP contribution in [0.3, 0.4) is 0 Å². The van der Waals surface area contributed by atoms with Crippen molar-refractivity contribution in [3.8, 4) is 22.9 Å². The number of methoxy groups -OCH3 is 2. The topological polar surface area (TPSA) is 91.2 Å². The average Bonchev–Trinajstić information content (AvgIpc) is 3.51. The third-order valence-electron chi connectivity index (χ3n) is 5.22. The number of thiazole rings is 1. The summed E-state index contributed by atoms with van der Waals surface area (Å²) in [7, 11) is 3.16. The monoisotopic (exact) mass is 575 g/mol. The molecule has 2 aromatic carbocycles. The Balaban J connectivity index is 1.42. The number of anilines is 1. The zero-order chi connectivity index (χ0) is 26.4. The van der Waals surface area contributed by atoms with Gasteiger partial charge in [0.2, 0.25) is 5.91 Å². The number of thioether (sulfide) groups is 1. The molecule has 8 nitrogen and oxygen atoms in total. The zero-order valence-corrected chi connectivity index (χ0v) is 23.2. The summed E-state index contributed by atoms with van der Waals surface area (Å²) in [6, 6.07) is 10.9. The number of rotatable bonds is 11. The molecule has 0 spiro atoms. The standard InChI is InChI=1S/C25H23Cl2N5O3S2/c1-4-10-32-23(15-8-9-20(34-2)21(11-15)35-3)30-31-25(32)36-14-22(33)29-24-28-13-16(37-24)12-17-18(26)6-5-7-19(17)27/h4-9,11,13H,1,10,12,14H2,2-3H3,(H,28,29,33). The Morgan fingerprint density at radius 2 is 1.92 bits per heavy atom. The van der Waals surface area contributed by atoms with Crippen LogP contribution in [0.2, 0.25) is 10.0 Å². The van der Waals surface area contributed by atoms with E-state index in [2.05, 4.69) is 27.1 Å². The molecule has 2 aromatic heterocycles. The van der Waals surface area contributed by atoms with Gasteiger partial charge in [-0.1, -0.05) is 47.1 Å². The first-order valence-corrected chi connectivity index (χ1v) is 13.6. The van der Waals surface area contributed by atoms with Crippen molar-refractivity contribution < 1.29 is 14.3 Å². The van der Waals surface area contributed by atoms with Gasteiger partial charge in [0.1, 0.15) is 0 Å². The molecule has 1 N–H and O–H groups in total. The molecular formula is C25H23Cl2N5O3S2. The highest BCUT2D eigenvalue weighted by molar-refractivity contribution is 7.99. The summed E-state index contributed by atoms with van der Waals surface area (Å²) in [5.74, 6) is 1.76. The minimum absolute atomic E-state index is 0.131. The molecule has 0 atom stereocenters. The fourth-order valence-electron chi connectivity index (χ4n) is 3.49. The number of amides is 1. The number of carbonyl (C=O) groups is 1. The van der Waals surface area contributed by atoms with Crippen LogP contribution in [0.15, 0.2) is 60.4 Å². The fraction of sp³-hybridized carbons (Fsp3) is 0.200. The smallest absolute Gasteiger partial charge is 0.236 e. The van der Waals surface area contributed by atoms with Crippen molar-refractivity contribution >= 4 is 57.3 Å². The molecule has 0 radical (unpaired) electrons. The molecule has 2 heterocycles. The first-order valence-electron chi connectivity index (χ1n) is 11.0. The van der Waals surface area contributed by atoms with Gasteiger partial charge in [-0.2, -0.15) is 0 Å². The highest BCUT2D eigenvalue weighted by Gasteiger charge is 2.17. The minimum Gasteiger partial charge on any atom is -0.493 e. The Kier molecular flexibility index (Phi) is 9.09. The van der Waals surface area contributed by atoms with E-state index in [1.165, 1.54) is 23.1 Å². The third kappa shape index (κ3) is 6.45. The number of benzene rings is 2. The predicted octanol–water partition coefficient (Wildman–Crippen LogP) is 6.23. The van der Waals surface area contributed by atoms with E-state index in [0.29, 0.717) is 50.6 Å². The highest BCUT2D eigenvalue weighted by Crippen LogP contribution is 2.33. The molecule has 4 rings (SSSR count). The van der Waals surface area contributed by atoms with Crippen LogP contribution in [0.4, 0.5) is 5.13 Å². The summed E-state index contributed by atoms with van der Waals surface area (Å²) in [6.07, 6.45) is 3.99. The number of nitrogens with one attached hydrogen (secondary N) is 1. The fourth-order valence-corrected chi connectivity index (χ4v) is 5.61.